The average Bonchev–Trinajstić information content (AvgIpc) is 3.04. The van der Waals surface area contributed by atoms with E-state index in [0.717, 1.165) is 11.1 Å². The monoisotopic (exact) mass is 359 g/mol. The minimum absolute atomic E-state index is 0.0215. The third-order valence-electron chi connectivity index (χ3n) is 5.88. The first-order chi connectivity index (χ1) is 12.3. The number of carbonyl (C=O) groups excluding carboxylic acids is 1. The van der Waals surface area contributed by atoms with Crippen LogP contribution < -0.4 is 0 Å². The first-order valence-corrected chi connectivity index (χ1v) is 9.08. The summed E-state index contributed by atoms with van der Waals surface area (Å²) in [5, 5.41) is 24.6. The van der Waals surface area contributed by atoms with Crippen molar-refractivity contribution in [2.45, 2.75) is 50.4 Å². The molecule has 2 N–H and O–H groups in total. The smallest absolute Gasteiger partial charge is 0.257 e. The van der Waals surface area contributed by atoms with Crippen LogP contribution in [-0.4, -0.2) is 67.6 Å². The highest BCUT2D eigenvalue weighted by Crippen LogP contribution is 2.39. The van der Waals surface area contributed by atoms with Gasteiger partial charge < -0.3 is 19.8 Å². The number of nitrogens with zero attached hydrogens (tertiary/aromatic N) is 3. The standard InChI is InChI=1S/C19H25N3O4/c1-13-4-3-7-22-16(13)14(10-20-22)17(24)21-8-5-19(6-9-21)12-18(2,25)15(23)11-26-19/h3-4,7,10,15,23,25H,5-6,8-9,11-12H2,1-2H3/t15-,18-/m0/s1. The van der Waals surface area contributed by atoms with E-state index < -0.39 is 17.3 Å². The molecule has 7 heteroatoms. The average molecular weight is 359 g/mol. The summed E-state index contributed by atoms with van der Waals surface area (Å²) in [6.45, 7) is 4.89. The summed E-state index contributed by atoms with van der Waals surface area (Å²) in [6.07, 6.45) is 4.30. The molecule has 2 aliphatic heterocycles. The van der Waals surface area contributed by atoms with Crippen LogP contribution in [-0.2, 0) is 4.74 Å². The van der Waals surface area contributed by atoms with Crippen LogP contribution in [0.2, 0.25) is 0 Å². The third kappa shape index (κ3) is 2.80. The number of hydrogen-bond acceptors (Lipinski definition) is 5. The van der Waals surface area contributed by atoms with Crippen molar-refractivity contribution in [2.24, 2.45) is 0 Å². The molecule has 0 saturated carbocycles. The van der Waals surface area contributed by atoms with Crippen LogP contribution in [0.4, 0.5) is 0 Å². The lowest BCUT2D eigenvalue weighted by Gasteiger charge is -2.49. The van der Waals surface area contributed by atoms with Gasteiger partial charge in [-0.05, 0) is 38.3 Å². The van der Waals surface area contributed by atoms with E-state index in [-0.39, 0.29) is 12.5 Å². The van der Waals surface area contributed by atoms with Gasteiger partial charge in [0.15, 0.2) is 0 Å². The molecular formula is C19H25N3O4. The molecule has 1 spiro atoms. The molecular weight excluding hydrogens is 334 g/mol. The maximum atomic E-state index is 13.0. The number of carbonyl (C=O) groups is 1. The number of rotatable bonds is 1. The van der Waals surface area contributed by atoms with E-state index in [1.165, 1.54) is 0 Å². The third-order valence-corrected chi connectivity index (χ3v) is 5.88. The largest absolute Gasteiger partial charge is 0.388 e. The summed E-state index contributed by atoms with van der Waals surface area (Å²) >= 11 is 0. The normalized spacial score (nSPS) is 28.6. The van der Waals surface area contributed by atoms with Crippen LogP contribution in [0.25, 0.3) is 5.52 Å². The summed E-state index contributed by atoms with van der Waals surface area (Å²) in [7, 11) is 0. The van der Waals surface area contributed by atoms with Gasteiger partial charge in [-0.25, -0.2) is 4.52 Å². The zero-order valence-electron chi connectivity index (χ0n) is 15.2. The van der Waals surface area contributed by atoms with E-state index in [2.05, 4.69) is 5.10 Å². The van der Waals surface area contributed by atoms with Gasteiger partial charge in [0.2, 0.25) is 0 Å². The number of ether oxygens (including phenoxy) is 1. The second kappa shape index (κ2) is 6.04. The summed E-state index contributed by atoms with van der Waals surface area (Å²) < 4.78 is 7.63. The number of aryl methyl sites for hydroxylation is 1. The van der Waals surface area contributed by atoms with Crippen LogP contribution in [0.3, 0.4) is 0 Å². The van der Waals surface area contributed by atoms with Crippen molar-refractivity contribution >= 4 is 11.4 Å². The first kappa shape index (κ1) is 17.5. The van der Waals surface area contributed by atoms with Crippen LogP contribution in [0.1, 0.15) is 42.1 Å². The molecule has 4 heterocycles. The minimum Gasteiger partial charge on any atom is -0.388 e. The van der Waals surface area contributed by atoms with E-state index in [0.29, 0.717) is 37.9 Å². The van der Waals surface area contributed by atoms with Crippen molar-refractivity contribution in [3.8, 4) is 0 Å². The molecule has 2 saturated heterocycles. The number of aromatic nitrogens is 2. The van der Waals surface area contributed by atoms with Crippen LogP contribution >= 0.6 is 0 Å². The predicted octanol–water partition coefficient (Wildman–Crippen LogP) is 1.15. The van der Waals surface area contributed by atoms with Gasteiger partial charge in [0.1, 0.15) is 6.10 Å². The topological polar surface area (TPSA) is 87.3 Å². The van der Waals surface area contributed by atoms with Gasteiger partial charge in [-0.15, -0.1) is 0 Å². The second-order valence-corrected chi connectivity index (χ2v) is 7.88. The lowest BCUT2D eigenvalue weighted by atomic mass is 9.76. The Hall–Kier alpha value is -1.96. The summed E-state index contributed by atoms with van der Waals surface area (Å²) in [6, 6.07) is 3.89. The van der Waals surface area contributed by atoms with Crippen molar-refractivity contribution in [3.05, 3.63) is 35.7 Å². The van der Waals surface area contributed by atoms with Gasteiger partial charge in [-0.3, -0.25) is 4.79 Å². The number of hydrogen-bond donors (Lipinski definition) is 2. The van der Waals surface area contributed by atoms with Crippen LogP contribution in [0.15, 0.2) is 24.5 Å². The zero-order chi connectivity index (χ0) is 18.5. The molecule has 7 nitrogen and oxygen atoms in total. The maximum absolute atomic E-state index is 13.0. The fourth-order valence-electron chi connectivity index (χ4n) is 4.24. The molecule has 0 radical (unpaired) electrons. The molecule has 2 aliphatic rings. The number of amides is 1. The number of fused-ring (bicyclic) bond motifs is 1. The Balaban J connectivity index is 1.50. The molecule has 26 heavy (non-hydrogen) atoms. The first-order valence-electron chi connectivity index (χ1n) is 9.08. The molecule has 4 rings (SSSR count). The second-order valence-electron chi connectivity index (χ2n) is 7.88. The van der Waals surface area contributed by atoms with Gasteiger partial charge in [0.05, 0.1) is 35.1 Å². The van der Waals surface area contributed by atoms with Gasteiger partial charge in [-0.1, -0.05) is 6.07 Å². The summed E-state index contributed by atoms with van der Waals surface area (Å²) in [5.41, 5.74) is 0.867. The van der Waals surface area contributed by atoms with Crippen LogP contribution in [0, 0.1) is 6.92 Å². The van der Waals surface area contributed by atoms with E-state index >= 15 is 0 Å². The number of likely N-dealkylation sites (tertiary alicyclic amines) is 1. The van der Waals surface area contributed by atoms with Gasteiger partial charge >= 0.3 is 0 Å². The summed E-state index contributed by atoms with van der Waals surface area (Å²) in [4.78, 5) is 14.9. The Labute approximate surface area is 152 Å². The SMILES string of the molecule is Cc1cccn2ncc(C(=O)N3CCC4(CC3)C[C@](C)(O)[C@@H](O)CO4)c12. The van der Waals surface area contributed by atoms with Crippen molar-refractivity contribution in [1.29, 1.82) is 0 Å². The molecule has 140 valence electrons. The van der Waals surface area contributed by atoms with E-state index in [1.54, 1.807) is 17.6 Å². The number of aliphatic hydroxyl groups excluding tert-OH is 1. The molecule has 0 unspecified atom stereocenters. The predicted molar refractivity (Wildman–Crippen MR) is 95.0 cm³/mol. The Morgan fingerprint density at radius 3 is 2.81 bits per heavy atom. The van der Waals surface area contributed by atoms with Crippen molar-refractivity contribution in [3.63, 3.8) is 0 Å². The summed E-state index contributed by atoms with van der Waals surface area (Å²) in [5.74, 6) is -0.0215. The molecule has 0 aliphatic carbocycles. The maximum Gasteiger partial charge on any atom is 0.257 e. The van der Waals surface area contributed by atoms with E-state index in [4.69, 9.17) is 4.74 Å². The molecule has 0 aromatic carbocycles. The quantitative estimate of drug-likeness (QED) is 0.798. The highest BCUT2D eigenvalue weighted by molar-refractivity contribution is 6.01. The highest BCUT2D eigenvalue weighted by Gasteiger charge is 2.49. The number of aliphatic hydroxyl groups is 2. The van der Waals surface area contributed by atoms with E-state index in [9.17, 15) is 15.0 Å². The Morgan fingerprint density at radius 2 is 2.12 bits per heavy atom. The fourth-order valence-corrected chi connectivity index (χ4v) is 4.24. The van der Waals surface area contributed by atoms with E-state index in [1.807, 2.05) is 30.2 Å². The minimum atomic E-state index is -1.15. The Bertz CT molecular complexity index is 836. The zero-order valence-corrected chi connectivity index (χ0v) is 15.2. The Morgan fingerprint density at radius 1 is 1.38 bits per heavy atom. The highest BCUT2D eigenvalue weighted by atomic mass is 16.5. The van der Waals surface area contributed by atoms with Crippen molar-refractivity contribution in [1.82, 2.24) is 14.5 Å². The number of pyridine rings is 1. The molecule has 2 atom stereocenters. The fraction of sp³-hybridized carbons (Fsp3) is 0.579. The lowest BCUT2D eigenvalue weighted by Crippen LogP contribution is -2.59. The molecule has 0 bridgehead atoms. The van der Waals surface area contributed by atoms with Gasteiger partial charge in [-0.2, -0.15) is 5.10 Å². The van der Waals surface area contributed by atoms with Gasteiger partial charge in [0.25, 0.3) is 5.91 Å². The Kier molecular flexibility index (Phi) is 4.06. The number of piperidine rings is 1. The molecule has 2 fully saturated rings. The molecule has 2 aromatic heterocycles. The van der Waals surface area contributed by atoms with Crippen LogP contribution in [0.5, 0.6) is 0 Å². The van der Waals surface area contributed by atoms with Crippen molar-refractivity contribution in [2.75, 3.05) is 19.7 Å². The molecule has 1 amide bonds. The van der Waals surface area contributed by atoms with Crippen molar-refractivity contribution < 1.29 is 19.7 Å². The van der Waals surface area contributed by atoms with Gasteiger partial charge in [0, 0.05) is 25.7 Å². The lowest BCUT2D eigenvalue weighted by molar-refractivity contribution is -0.221. The molecule has 2 aromatic rings.